The fourth-order valence-electron chi connectivity index (χ4n) is 2.20. The van der Waals surface area contributed by atoms with Crippen molar-refractivity contribution in [1.82, 2.24) is 9.88 Å². The topological polar surface area (TPSA) is 60.0 Å². The Hall–Kier alpha value is -1.29. The zero-order valence-electron chi connectivity index (χ0n) is 11.9. The van der Waals surface area contributed by atoms with Crippen molar-refractivity contribution in [3.63, 3.8) is 0 Å². The average molecular weight is 263 g/mol. The molecule has 1 amide bonds. The van der Waals surface area contributed by atoms with Gasteiger partial charge < -0.3 is 15.6 Å². The van der Waals surface area contributed by atoms with Crippen LogP contribution in [0.3, 0.4) is 0 Å². The van der Waals surface area contributed by atoms with Crippen molar-refractivity contribution in [2.75, 3.05) is 6.54 Å². The fourth-order valence-corrected chi connectivity index (χ4v) is 2.20. The van der Waals surface area contributed by atoms with Gasteiger partial charge in [0.25, 0.3) is 0 Å². The Morgan fingerprint density at radius 2 is 2.26 bits per heavy atom. The highest BCUT2D eigenvalue weighted by Gasteiger charge is 2.29. The number of nitrogens with two attached hydrogens (primary N) is 1. The molecular weight excluding hydrogens is 238 g/mol. The number of nitrogens with zero attached hydrogens (tertiary/aromatic N) is 1. The van der Waals surface area contributed by atoms with Crippen LogP contribution in [0.1, 0.15) is 44.7 Å². The molecule has 0 aliphatic heterocycles. The minimum atomic E-state index is 0.0720. The van der Waals surface area contributed by atoms with Crippen LogP contribution in [0, 0.1) is 11.8 Å². The molecule has 0 saturated heterocycles. The molecule has 4 nitrogen and oxygen atoms in total. The molecular formula is C15H25N3O. The molecule has 1 heterocycles. The molecule has 0 bridgehead atoms. The number of amides is 1. The SMILES string of the molecule is CC(C)CCNC(=O)Cn1ccc(C(N)C2CC2)c1. The zero-order valence-corrected chi connectivity index (χ0v) is 11.9. The Morgan fingerprint density at radius 1 is 1.53 bits per heavy atom. The molecule has 0 spiro atoms. The van der Waals surface area contributed by atoms with E-state index >= 15 is 0 Å². The Balaban J connectivity index is 1.77. The molecule has 1 fully saturated rings. The van der Waals surface area contributed by atoms with Gasteiger partial charge in [-0.25, -0.2) is 0 Å². The van der Waals surface area contributed by atoms with Crippen molar-refractivity contribution in [2.45, 2.75) is 45.7 Å². The lowest BCUT2D eigenvalue weighted by atomic mass is 10.1. The van der Waals surface area contributed by atoms with Gasteiger partial charge in [0.1, 0.15) is 6.54 Å². The first-order valence-electron chi connectivity index (χ1n) is 7.24. The molecule has 1 aromatic rings. The van der Waals surface area contributed by atoms with Gasteiger partial charge >= 0.3 is 0 Å². The normalized spacial score (nSPS) is 16.6. The molecule has 4 heteroatoms. The van der Waals surface area contributed by atoms with Gasteiger partial charge in [0.15, 0.2) is 0 Å². The number of nitrogens with one attached hydrogen (secondary N) is 1. The second kappa shape index (κ2) is 6.24. The van der Waals surface area contributed by atoms with E-state index in [1.165, 1.54) is 12.8 Å². The van der Waals surface area contributed by atoms with Crippen molar-refractivity contribution in [2.24, 2.45) is 17.6 Å². The van der Waals surface area contributed by atoms with E-state index in [0.717, 1.165) is 18.5 Å². The molecule has 3 N–H and O–H groups in total. The molecule has 0 radical (unpaired) electrons. The number of rotatable bonds is 7. The monoisotopic (exact) mass is 263 g/mol. The Morgan fingerprint density at radius 3 is 2.89 bits per heavy atom. The predicted molar refractivity (Wildman–Crippen MR) is 76.5 cm³/mol. The lowest BCUT2D eigenvalue weighted by Crippen LogP contribution is -2.28. The van der Waals surface area contributed by atoms with Crippen LogP contribution in [0.15, 0.2) is 18.5 Å². The second-order valence-electron chi connectivity index (χ2n) is 6.01. The first kappa shape index (κ1) is 14.1. The Labute approximate surface area is 115 Å². The van der Waals surface area contributed by atoms with Gasteiger partial charge in [0.2, 0.25) is 5.91 Å². The summed E-state index contributed by atoms with van der Waals surface area (Å²) in [5.74, 6) is 1.34. The maximum absolute atomic E-state index is 11.8. The molecule has 19 heavy (non-hydrogen) atoms. The second-order valence-corrected chi connectivity index (χ2v) is 6.01. The lowest BCUT2D eigenvalue weighted by molar-refractivity contribution is -0.121. The Bertz CT molecular complexity index is 421. The summed E-state index contributed by atoms with van der Waals surface area (Å²) in [5, 5.41) is 2.95. The van der Waals surface area contributed by atoms with Crippen LogP contribution in [0.4, 0.5) is 0 Å². The van der Waals surface area contributed by atoms with Crippen molar-refractivity contribution < 1.29 is 4.79 Å². The van der Waals surface area contributed by atoms with E-state index in [4.69, 9.17) is 5.73 Å². The summed E-state index contributed by atoms with van der Waals surface area (Å²) in [6.45, 7) is 5.45. The fraction of sp³-hybridized carbons (Fsp3) is 0.667. The molecule has 1 aliphatic carbocycles. The highest BCUT2D eigenvalue weighted by atomic mass is 16.1. The van der Waals surface area contributed by atoms with E-state index < -0.39 is 0 Å². The minimum absolute atomic E-state index is 0.0720. The standard InChI is InChI=1S/C15H25N3O/c1-11(2)5-7-17-14(19)10-18-8-6-13(9-18)15(16)12-3-4-12/h6,8-9,11-12,15H,3-5,7,10,16H2,1-2H3,(H,17,19). The summed E-state index contributed by atoms with van der Waals surface area (Å²) in [5.41, 5.74) is 7.29. The number of carbonyl (C=O) groups excluding carboxylic acids is 1. The number of carbonyl (C=O) groups is 1. The number of aromatic nitrogens is 1. The summed E-state index contributed by atoms with van der Waals surface area (Å²) in [6.07, 6.45) is 7.45. The van der Waals surface area contributed by atoms with Crippen LogP contribution >= 0.6 is 0 Å². The minimum Gasteiger partial charge on any atom is -0.355 e. The van der Waals surface area contributed by atoms with Gasteiger partial charge in [-0.2, -0.15) is 0 Å². The summed E-state index contributed by atoms with van der Waals surface area (Å²) < 4.78 is 1.92. The molecule has 1 aromatic heterocycles. The highest BCUT2D eigenvalue weighted by molar-refractivity contribution is 5.75. The maximum atomic E-state index is 11.8. The van der Waals surface area contributed by atoms with Crippen LogP contribution in [-0.2, 0) is 11.3 Å². The van der Waals surface area contributed by atoms with E-state index in [2.05, 4.69) is 19.2 Å². The number of hydrogen-bond acceptors (Lipinski definition) is 2. The maximum Gasteiger partial charge on any atom is 0.239 e. The predicted octanol–water partition coefficient (Wildman–Crippen LogP) is 2.06. The molecule has 2 rings (SSSR count). The number of hydrogen-bond donors (Lipinski definition) is 2. The quantitative estimate of drug-likeness (QED) is 0.791. The first-order chi connectivity index (χ1) is 9.06. The molecule has 0 aromatic carbocycles. The van der Waals surface area contributed by atoms with Gasteiger partial charge in [-0.15, -0.1) is 0 Å². The summed E-state index contributed by atoms with van der Waals surface area (Å²) in [7, 11) is 0. The third-order valence-corrected chi connectivity index (χ3v) is 3.66. The van der Waals surface area contributed by atoms with Gasteiger partial charge in [-0.05, 0) is 42.7 Å². The van der Waals surface area contributed by atoms with Crippen molar-refractivity contribution in [3.05, 3.63) is 24.0 Å². The van der Waals surface area contributed by atoms with Crippen LogP contribution in [-0.4, -0.2) is 17.0 Å². The zero-order chi connectivity index (χ0) is 13.8. The molecule has 1 unspecified atom stereocenters. The van der Waals surface area contributed by atoms with Gasteiger partial charge in [0.05, 0.1) is 0 Å². The summed E-state index contributed by atoms with van der Waals surface area (Å²) in [6, 6.07) is 2.18. The van der Waals surface area contributed by atoms with E-state index in [-0.39, 0.29) is 11.9 Å². The summed E-state index contributed by atoms with van der Waals surface area (Å²) in [4.78, 5) is 11.8. The van der Waals surface area contributed by atoms with Crippen LogP contribution < -0.4 is 11.1 Å². The van der Waals surface area contributed by atoms with Gasteiger partial charge in [0, 0.05) is 25.0 Å². The van der Waals surface area contributed by atoms with Crippen molar-refractivity contribution in [1.29, 1.82) is 0 Å². The molecule has 1 atom stereocenters. The van der Waals surface area contributed by atoms with Crippen molar-refractivity contribution >= 4 is 5.91 Å². The van der Waals surface area contributed by atoms with Gasteiger partial charge in [-0.1, -0.05) is 13.8 Å². The molecule has 1 saturated carbocycles. The average Bonchev–Trinajstić information content (AvgIpc) is 3.09. The summed E-state index contributed by atoms with van der Waals surface area (Å²) >= 11 is 0. The largest absolute Gasteiger partial charge is 0.355 e. The highest BCUT2D eigenvalue weighted by Crippen LogP contribution is 2.39. The Kier molecular flexibility index (Phi) is 4.64. The molecule has 1 aliphatic rings. The third kappa shape index (κ3) is 4.39. The van der Waals surface area contributed by atoms with Gasteiger partial charge in [-0.3, -0.25) is 4.79 Å². The smallest absolute Gasteiger partial charge is 0.239 e. The van der Waals surface area contributed by atoms with Crippen molar-refractivity contribution in [3.8, 4) is 0 Å². The van der Waals surface area contributed by atoms with E-state index in [1.54, 1.807) is 0 Å². The van der Waals surface area contributed by atoms with E-state index in [1.807, 2.05) is 23.0 Å². The van der Waals surface area contributed by atoms with E-state index in [9.17, 15) is 4.79 Å². The first-order valence-corrected chi connectivity index (χ1v) is 7.24. The van der Waals surface area contributed by atoms with Crippen LogP contribution in [0.25, 0.3) is 0 Å². The van der Waals surface area contributed by atoms with E-state index in [0.29, 0.717) is 18.4 Å². The molecule has 106 valence electrons. The third-order valence-electron chi connectivity index (χ3n) is 3.66. The lowest BCUT2D eigenvalue weighted by Gasteiger charge is -2.09. The van der Waals surface area contributed by atoms with Crippen LogP contribution in [0.5, 0.6) is 0 Å². The van der Waals surface area contributed by atoms with Crippen LogP contribution in [0.2, 0.25) is 0 Å².